The van der Waals surface area contributed by atoms with Crippen LogP contribution in [0.15, 0.2) is 47.4 Å². The molecule has 0 saturated heterocycles. The summed E-state index contributed by atoms with van der Waals surface area (Å²) in [5.41, 5.74) is 0.777. The smallest absolute Gasteiger partial charge is 0.339 e. The topological polar surface area (TPSA) is 82.1 Å². The van der Waals surface area contributed by atoms with Gasteiger partial charge in [0.25, 0.3) is 0 Å². The van der Waals surface area contributed by atoms with E-state index in [1.54, 1.807) is 24.3 Å². The average Bonchev–Trinajstić information content (AvgIpc) is 2.71. The van der Waals surface area contributed by atoms with Crippen LogP contribution in [0.3, 0.4) is 0 Å². The molecule has 8 heteroatoms. The van der Waals surface area contributed by atoms with Crippen LogP contribution in [0, 0.1) is 11.8 Å². The summed E-state index contributed by atoms with van der Waals surface area (Å²) in [5.74, 6) is 1.51. The molecule has 2 aromatic rings. The molecule has 1 aliphatic carbocycles. The minimum atomic E-state index is -4.08. The summed E-state index contributed by atoms with van der Waals surface area (Å²) in [6.07, 6.45) is 2.96. The van der Waals surface area contributed by atoms with Crippen molar-refractivity contribution in [2.24, 2.45) is 11.8 Å². The highest BCUT2D eigenvalue weighted by Crippen LogP contribution is 2.33. The second-order valence-electron chi connectivity index (χ2n) is 8.44. The number of benzene rings is 2. The van der Waals surface area contributed by atoms with Gasteiger partial charge in [-0.15, -0.1) is 0 Å². The van der Waals surface area contributed by atoms with Gasteiger partial charge in [-0.3, -0.25) is 4.79 Å². The lowest BCUT2D eigenvalue weighted by molar-refractivity contribution is -0.139. The van der Waals surface area contributed by atoms with Crippen LogP contribution in [0.4, 0.5) is 0 Å². The third kappa shape index (κ3) is 5.73. The maximum atomic E-state index is 12.9. The van der Waals surface area contributed by atoms with Gasteiger partial charge in [-0.05, 0) is 60.7 Å². The van der Waals surface area contributed by atoms with Gasteiger partial charge in [0, 0.05) is 19.0 Å². The Bertz CT molecular complexity index is 1030. The number of ether oxygens (including phenoxy) is 2. The van der Waals surface area contributed by atoms with E-state index in [4.69, 9.17) is 13.7 Å². The van der Waals surface area contributed by atoms with Crippen LogP contribution >= 0.6 is 0 Å². The number of amides is 1. The van der Waals surface area contributed by atoms with Crippen molar-refractivity contribution in [1.82, 2.24) is 4.90 Å². The van der Waals surface area contributed by atoms with Crippen LogP contribution in [0.25, 0.3) is 0 Å². The molecule has 1 amide bonds. The molecular weight excluding hydrogens is 430 g/mol. The SMILES string of the molecule is COc1ccc(S(=O)(=O)Oc2cc(CN(CC(C)C)C(=O)C3CCC3)ccc2OC)cc1. The van der Waals surface area contributed by atoms with E-state index in [1.807, 2.05) is 11.0 Å². The second-order valence-corrected chi connectivity index (χ2v) is 9.98. The zero-order chi connectivity index (χ0) is 23.3. The van der Waals surface area contributed by atoms with Crippen LogP contribution in [0.2, 0.25) is 0 Å². The predicted molar refractivity (Wildman–Crippen MR) is 121 cm³/mol. The zero-order valence-electron chi connectivity index (χ0n) is 19.0. The Morgan fingerprint density at radius 1 is 1.03 bits per heavy atom. The van der Waals surface area contributed by atoms with Gasteiger partial charge in [0.1, 0.15) is 10.6 Å². The summed E-state index contributed by atoms with van der Waals surface area (Å²) in [6.45, 7) is 5.17. The highest BCUT2D eigenvalue weighted by Gasteiger charge is 2.30. The monoisotopic (exact) mass is 461 g/mol. The fourth-order valence-electron chi connectivity index (χ4n) is 3.60. The maximum absolute atomic E-state index is 12.9. The number of carbonyl (C=O) groups is 1. The molecule has 1 saturated carbocycles. The van der Waals surface area contributed by atoms with Crippen LogP contribution in [-0.2, 0) is 21.5 Å². The van der Waals surface area contributed by atoms with Crippen molar-refractivity contribution in [3.05, 3.63) is 48.0 Å². The van der Waals surface area contributed by atoms with Gasteiger partial charge in [0.15, 0.2) is 11.5 Å². The quantitative estimate of drug-likeness (QED) is 0.492. The number of hydrogen-bond acceptors (Lipinski definition) is 6. The molecule has 0 radical (unpaired) electrons. The lowest BCUT2D eigenvalue weighted by Crippen LogP contribution is -2.40. The standard InChI is InChI=1S/C24H31NO6S/c1-17(2)15-25(24(26)19-6-5-7-19)16-18-8-13-22(30-4)23(14-18)31-32(27,28)21-11-9-20(29-3)10-12-21/h8-14,17,19H,5-7,15-16H2,1-4H3. The normalized spacial score (nSPS) is 14.0. The molecule has 0 heterocycles. The first kappa shape index (κ1) is 23.9. The number of carbonyl (C=O) groups excluding carboxylic acids is 1. The largest absolute Gasteiger partial charge is 0.497 e. The van der Waals surface area contributed by atoms with Crippen LogP contribution in [0.1, 0.15) is 38.7 Å². The molecule has 0 spiro atoms. The van der Waals surface area contributed by atoms with E-state index >= 15 is 0 Å². The molecule has 32 heavy (non-hydrogen) atoms. The number of methoxy groups -OCH3 is 2. The highest BCUT2D eigenvalue weighted by atomic mass is 32.2. The molecule has 1 fully saturated rings. The van der Waals surface area contributed by atoms with Gasteiger partial charge in [0.2, 0.25) is 5.91 Å². The summed E-state index contributed by atoms with van der Waals surface area (Å²) < 4.78 is 41.4. The van der Waals surface area contributed by atoms with Gasteiger partial charge in [-0.25, -0.2) is 0 Å². The van der Waals surface area contributed by atoms with E-state index in [0.29, 0.717) is 30.5 Å². The molecule has 0 aliphatic heterocycles. The lowest BCUT2D eigenvalue weighted by Gasteiger charge is -2.33. The van der Waals surface area contributed by atoms with Crippen molar-refractivity contribution in [2.75, 3.05) is 20.8 Å². The van der Waals surface area contributed by atoms with Gasteiger partial charge < -0.3 is 18.6 Å². The number of rotatable bonds is 10. The van der Waals surface area contributed by atoms with E-state index in [2.05, 4.69) is 13.8 Å². The third-order valence-electron chi connectivity index (χ3n) is 5.50. The van der Waals surface area contributed by atoms with Gasteiger partial charge in [0.05, 0.1) is 14.2 Å². The first-order chi connectivity index (χ1) is 15.2. The Morgan fingerprint density at radius 2 is 1.72 bits per heavy atom. The first-order valence-corrected chi connectivity index (χ1v) is 12.2. The van der Waals surface area contributed by atoms with Gasteiger partial charge >= 0.3 is 10.1 Å². The molecule has 0 unspecified atom stereocenters. The molecule has 7 nitrogen and oxygen atoms in total. The molecule has 0 N–H and O–H groups in total. The average molecular weight is 462 g/mol. The third-order valence-corrected chi connectivity index (χ3v) is 6.75. The van der Waals surface area contributed by atoms with E-state index in [0.717, 1.165) is 24.8 Å². The molecule has 0 bridgehead atoms. The fraction of sp³-hybridized carbons (Fsp3) is 0.458. The van der Waals surface area contributed by atoms with Gasteiger partial charge in [-0.1, -0.05) is 26.3 Å². The van der Waals surface area contributed by atoms with Crippen molar-refractivity contribution < 1.29 is 26.9 Å². The van der Waals surface area contributed by atoms with Crippen molar-refractivity contribution in [2.45, 2.75) is 44.6 Å². The summed E-state index contributed by atoms with van der Waals surface area (Å²) in [4.78, 5) is 14.8. The second kappa shape index (κ2) is 10.3. The van der Waals surface area contributed by atoms with E-state index in [9.17, 15) is 13.2 Å². The number of nitrogens with zero attached hydrogens (tertiary/aromatic N) is 1. The van der Waals surface area contributed by atoms with E-state index in [1.165, 1.54) is 26.4 Å². The Labute approximate surface area is 190 Å². The van der Waals surface area contributed by atoms with Crippen molar-refractivity contribution in [3.8, 4) is 17.2 Å². The highest BCUT2D eigenvalue weighted by molar-refractivity contribution is 7.87. The van der Waals surface area contributed by atoms with Crippen LogP contribution in [0.5, 0.6) is 17.2 Å². The molecule has 2 aromatic carbocycles. The molecule has 3 rings (SSSR count). The molecule has 1 aliphatic rings. The Morgan fingerprint density at radius 3 is 2.25 bits per heavy atom. The first-order valence-electron chi connectivity index (χ1n) is 10.8. The zero-order valence-corrected chi connectivity index (χ0v) is 19.9. The minimum absolute atomic E-state index is 0.00681. The maximum Gasteiger partial charge on any atom is 0.339 e. The molecular formula is C24H31NO6S. The Kier molecular flexibility index (Phi) is 7.66. The fourth-order valence-corrected chi connectivity index (χ4v) is 4.53. The summed E-state index contributed by atoms with van der Waals surface area (Å²) >= 11 is 0. The number of hydrogen-bond donors (Lipinski definition) is 0. The molecule has 0 atom stereocenters. The Balaban J connectivity index is 1.84. The van der Waals surface area contributed by atoms with Crippen molar-refractivity contribution in [1.29, 1.82) is 0 Å². The van der Waals surface area contributed by atoms with E-state index < -0.39 is 10.1 Å². The van der Waals surface area contributed by atoms with Crippen LogP contribution < -0.4 is 13.7 Å². The predicted octanol–water partition coefficient (Wildman–Crippen LogP) is 4.26. The van der Waals surface area contributed by atoms with Gasteiger partial charge in [-0.2, -0.15) is 8.42 Å². The lowest BCUT2D eigenvalue weighted by atomic mass is 9.84. The summed E-state index contributed by atoms with van der Waals surface area (Å²) in [7, 11) is -1.12. The van der Waals surface area contributed by atoms with E-state index in [-0.39, 0.29) is 22.5 Å². The van der Waals surface area contributed by atoms with Crippen LogP contribution in [-0.4, -0.2) is 40.0 Å². The Hall–Kier alpha value is -2.74. The van der Waals surface area contributed by atoms with Crippen molar-refractivity contribution in [3.63, 3.8) is 0 Å². The molecule has 0 aromatic heterocycles. The van der Waals surface area contributed by atoms with Crippen molar-refractivity contribution >= 4 is 16.0 Å². The molecule has 174 valence electrons. The summed E-state index contributed by atoms with van der Waals surface area (Å²) in [5, 5.41) is 0. The summed E-state index contributed by atoms with van der Waals surface area (Å²) in [6, 6.07) is 11.1. The minimum Gasteiger partial charge on any atom is -0.497 e.